The molecule has 0 aromatic carbocycles. The molecule has 106 valence electrons. The van der Waals surface area contributed by atoms with Crippen LogP contribution in [0, 0.1) is 12.8 Å². The van der Waals surface area contributed by atoms with E-state index < -0.39 is 0 Å². The van der Waals surface area contributed by atoms with Gasteiger partial charge in [0.05, 0.1) is 5.69 Å². The van der Waals surface area contributed by atoms with E-state index in [1.165, 1.54) is 19.3 Å². The van der Waals surface area contributed by atoms with Gasteiger partial charge in [-0.3, -0.25) is 0 Å². The molecular formula is C15H26N4. The van der Waals surface area contributed by atoms with Gasteiger partial charge in [-0.05, 0) is 45.7 Å². The molecule has 1 aliphatic heterocycles. The van der Waals surface area contributed by atoms with Crippen LogP contribution in [0.1, 0.15) is 25.0 Å². The second-order valence-corrected chi connectivity index (χ2v) is 5.45. The molecule has 1 saturated heterocycles. The third kappa shape index (κ3) is 3.60. The third-order valence-electron chi connectivity index (χ3n) is 3.90. The molecule has 0 unspecified atom stereocenters. The molecule has 4 nitrogen and oxygen atoms in total. The number of piperidine rings is 1. The standard InChI is InChI=1S/C15H26N4/c1-4-9-19-12-13(2)17-15(19)18-10-6-14(7-11-18)5-8-16-3/h4,12,14,16H,1,5-11H2,2-3H3. The number of aromatic nitrogens is 2. The molecule has 4 heteroatoms. The molecule has 0 atom stereocenters. The topological polar surface area (TPSA) is 33.1 Å². The van der Waals surface area contributed by atoms with Crippen LogP contribution in [-0.2, 0) is 6.54 Å². The number of hydrogen-bond donors (Lipinski definition) is 1. The fourth-order valence-electron chi connectivity index (χ4n) is 2.83. The van der Waals surface area contributed by atoms with Crippen molar-refractivity contribution in [2.24, 2.45) is 5.92 Å². The smallest absolute Gasteiger partial charge is 0.206 e. The van der Waals surface area contributed by atoms with Gasteiger partial charge in [-0.25, -0.2) is 4.98 Å². The lowest BCUT2D eigenvalue weighted by atomic mass is 9.94. The van der Waals surface area contributed by atoms with E-state index >= 15 is 0 Å². The Bertz CT molecular complexity index is 402. The van der Waals surface area contributed by atoms with Crippen molar-refractivity contribution in [2.75, 3.05) is 31.6 Å². The maximum atomic E-state index is 4.67. The van der Waals surface area contributed by atoms with Crippen LogP contribution in [0.5, 0.6) is 0 Å². The van der Waals surface area contributed by atoms with Crippen LogP contribution >= 0.6 is 0 Å². The number of allylic oxidation sites excluding steroid dienone is 1. The van der Waals surface area contributed by atoms with Crippen molar-refractivity contribution in [2.45, 2.75) is 32.7 Å². The molecule has 1 fully saturated rings. The quantitative estimate of drug-likeness (QED) is 0.798. The van der Waals surface area contributed by atoms with Gasteiger partial charge in [0, 0.05) is 25.8 Å². The molecule has 0 radical (unpaired) electrons. The Morgan fingerprint density at radius 2 is 2.21 bits per heavy atom. The fourth-order valence-corrected chi connectivity index (χ4v) is 2.83. The highest BCUT2D eigenvalue weighted by atomic mass is 15.3. The Balaban J connectivity index is 1.95. The van der Waals surface area contributed by atoms with Gasteiger partial charge in [0.15, 0.2) is 0 Å². The lowest BCUT2D eigenvalue weighted by molar-refractivity contribution is 0.374. The van der Waals surface area contributed by atoms with Crippen molar-refractivity contribution in [3.63, 3.8) is 0 Å². The van der Waals surface area contributed by atoms with E-state index in [2.05, 4.69) is 39.5 Å². The van der Waals surface area contributed by atoms with E-state index in [1.807, 2.05) is 13.1 Å². The van der Waals surface area contributed by atoms with E-state index in [0.717, 1.165) is 43.7 Å². The van der Waals surface area contributed by atoms with Gasteiger partial charge in [0.25, 0.3) is 0 Å². The number of rotatable bonds is 6. The maximum Gasteiger partial charge on any atom is 0.206 e. The van der Waals surface area contributed by atoms with E-state index in [9.17, 15) is 0 Å². The zero-order chi connectivity index (χ0) is 13.7. The summed E-state index contributed by atoms with van der Waals surface area (Å²) in [6, 6.07) is 0. The van der Waals surface area contributed by atoms with Crippen LogP contribution in [0.4, 0.5) is 5.95 Å². The lowest BCUT2D eigenvalue weighted by Gasteiger charge is -2.33. The second kappa shape index (κ2) is 6.75. The third-order valence-corrected chi connectivity index (χ3v) is 3.90. The Labute approximate surface area is 116 Å². The van der Waals surface area contributed by atoms with Crippen molar-refractivity contribution in [3.8, 4) is 0 Å². The highest BCUT2D eigenvalue weighted by Gasteiger charge is 2.21. The van der Waals surface area contributed by atoms with Crippen molar-refractivity contribution >= 4 is 5.95 Å². The van der Waals surface area contributed by atoms with E-state index in [0.29, 0.717) is 0 Å². The number of nitrogens with zero attached hydrogens (tertiary/aromatic N) is 3. The molecule has 0 amide bonds. The summed E-state index contributed by atoms with van der Waals surface area (Å²) in [5.41, 5.74) is 1.09. The minimum absolute atomic E-state index is 0.843. The van der Waals surface area contributed by atoms with Gasteiger partial charge >= 0.3 is 0 Å². The van der Waals surface area contributed by atoms with Crippen LogP contribution in [0.3, 0.4) is 0 Å². The van der Waals surface area contributed by atoms with Crippen LogP contribution in [0.25, 0.3) is 0 Å². The summed E-state index contributed by atoms with van der Waals surface area (Å²) < 4.78 is 2.20. The van der Waals surface area contributed by atoms with Crippen molar-refractivity contribution < 1.29 is 0 Å². The molecule has 1 N–H and O–H groups in total. The first-order valence-electron chi connectivity index (χ1n) is 7.28. The first kappa shape index (κ1) is 14.1. The Morgan fingerprint density at radius 3 is 2.84 bits per heavy atom. The van der Waals surface area contributed by atoms with E-state index in [1.54, 1.807) is 0 Å². The van der Waals surface area contributed by atoms with Gasteiger partial charge < -0.3 is 14.8 Å². The second-order valence-electron chi connectivity index (χ2n) is 5.45. The summed E-state index contributed by atoms with van der Waals surface area (Å²) in [5, 5.41) is 3.25. The van der Waals surface area contributed by atoms with Crippen LogP contribution < -0.4 is 10.2 Å². The molecular weight excluding hydrogens is 236 g/mol. The number of hydrogen-bond acceptors (Lipinski definition) is 3. The first-order valence-corrected chi connectivity index (χ1v) is 7.28. The molecule has 0 bridgehead atoms. The minimum atomic E-state index is 0.843. The number of anilines is 1. The monoisotopic (exact) mass is 262 g/mol. The molecule has 2 heterocycles. The van der Waals surface area contributed by atoms with Crippen LogP contribution in [0.2, 0.25) is 0 Å². The molecule has 1 aromatic rings. The normalized spacial score (nSPS) is 16.8. The van der Waals surface area contributed by atoms with Crippen LogP contribution in [0.15, 0.2) is 18.9 Å². The van der Waals surface area contributed by atoms with Crippen molar-refractivity contribution in [1.82, 2.24) is 14.9 Å². The number of imidazole rings is 1. The molecule has 2 rings (SSSR count). The highest BCUT2D eigenvalue weighted by Crippen LogP contribution is 2.24. The van der Waals surface area contributed by atoms with E-state index in [4.69, 9.17) is 0 Å². The first-order chi connectivity index (χ1) is 9.24. The molecule has 0 aliphatic carbocycles. The number of aryl methyl sites for hydroxylation is 1. The summed E-state index contributed by atoms with van der Waals surface area (Å²) >= 11 is 0. The zero-order valence-electron chi connectivity index (χ0n) is 12.2. The summed E-state index contributed by atoms with van der Waals surface area (Å²) in [5.74, 6) is 1.98. The van der Waals surface area contributed by atoms with Gasteiger partial charge in [0.1, 0.15) is 0 Å². The van der Waals surface area contributed by atoms with Gasteiger partial charge in [-0.15, -0.1) is 6.58 Å². The average Bonchev–Trinajstić information content (AvgIpc) is 2.78. The van der Waals surface area contributed by atoms with Crippen molar-refractivity contribution in [1.29, 1.82) is 0 Å². The number of nitrogens with one attached hydrogen (secondary N) is 1. The minimum Gasteiger partial charge on any atom is -0.342 e. The fraction of sp³-hybridized carbons (Fsp3) is 0.667. The van der Waals surface area contributed by atoms with E-state index in [-0.39, 0.29) is 0 Å². The summed E-state index contributed by atoms with van der Waals surface area (Å²) in [6.07, 6.45) is 7.90. The van der Waals surface area contributed by atoms with Crippen LogP contribution in [-0.4, -0.2) is 36.2 Å². The predicted molar refractivity (Wildman–Crippen MR) is 80.6 cm³/mol. The lowest BCUT2D eigenvalue weighted by Crippen LogP contribution is -2.36. The van der Waals surface area contributed by atoms with Gasteiger partial charge in [-0.1, -0.05) is 6.08 Å². The zero-order valence-corrected chi connectivity index (χ0v) is 12.2. The average molecular weight is 262 g/mol. The predicted octanol–water partition coefficient (Wildman–Crippen LogP) is 2.20. The van der Waals surface area contributed by atoms with Gasteiger partial charge in [0.2, 0.25) is 5.95 Å². The largest absolute Gasteiger partial charge is 0.342 e. The molecule has 1 aliphatic rings. The Hall–Kier alpha value is -1.29. The highest BCUT2D eigenvalue weighted by molar-refractivity contribution is 5.34. The van der Waals surface area contributed by atoms with Gasteiger partial charge in [-0.2, -0.15) is 0 Å². The maximum absolute atomic E-state index is 4.67. The van der Waals surface area contributed by atoms with Crippen molar-refractivity contribution in [3.05, 3.63) is 24.5 Å². The SMILES string of the molecule is C=CCn1cc(C)nc1N1CCC(CCNC)CC1. The summed E-state index contributed by atoms with van der Waals surface area (Å²) in [6.45, 7) is 10.1. The molecule has 1 aromatic heterocycles. The summed E-state index contributed by atoms with van der Waals surface area (Å²) in [7, 11) is 2.03. The summed E-state index contributed by atoms with van der Waals surface area (Å²) in [4.78, 5) is 7.09. The molecule has 0 spiro atoms. The Morgan fingerprint density at radius 1 is 1.47 bits per heavy atom. The Kier molecular flexibility index (Phi) is 5.02. The molecule has 19 heavy (non-hydrogen) atoms. The molecule has 0 saturated carbocycles.